The Bertz CT molecular complexity index is 372. The Morgan fingerprint density at radius 1 is 1.28 bits per heavy atom. The molecule has 1 aromatic carbocycles. The number of hydrogen-bond acceptors (Lipinski definition) is 3. The highest BCUT2D eigenvalue weighted by molar-refractivity contribution is 5.48. The predicted molar refractivity (Wildman–Crippen MR) is 78.0 cm³/mol. The summed E-state index contributed by atoms with van der Waals surface area (Å²) in [5.41, 5.74) is 8.42. The van der Waals surface area contributed by atoms with Crippen molar-refractivity contribution in [2.45, 2.75) is 32.4 Å². The molecule has 0 aromatic heterocycles. The average Bonchev–Trinajstić information content (AvgIpc) is 2.39. The van der Waals surface area contributed by atoms with Crippen LogP contribution in [0.1, 0.15) is 31.9 Å². The molecule has 0 saturated carbocycles. The van der Waals surface area contributed by atoms with Crippen LogP contribution >= 0.6 is 0 Å². The first-order valence-corrected chi connectivity index (χ1v) is 6.92. The third-order valence-corrected chi connectivity index (χ3v) is 4.03. The maximum Gasteiger partial charge on any atom is 0.0367 e. The molecule has 0 aliphatic carbocycles. The van der Waals surface area contributed by atoms with Crippen LogP contribution in [0, 0.1) is 0 Å². The number of nitrogens with two attached hydrogens (primary N) is 1. The molecule has 100 valence electrons. The molecule has 1 aliphatic rings. The Morgan fingerprint density at radius 3 is 2.50 bits per heavy atom. The van der Waals surface area contributed by atoms with Crippen molar-refractivity contribution in [1.82, 2.24) is 4.90 Å². The lowest BCUT2D eigenvalue weighted by molar-refractivity contribution is 0.213. The molecular formula is C15H25N3. The number of hydrogen-bond donors (Lipinski definition) is 1. The molecule has 0 spiro atoms. The van der Waals surface area contributed by atoms with Gasteiger partial charge < -0.3 is 10.6 Å². The van der Waals surface area contributed by atoms with Crippen LogP contribution in [-0.2, 0) is 0 Å². The van der Waals surface area contributed by atoms with Crippen molar-refractivity contribution in [2.75, 3.05) is 31.6 Å². The van der Waals surface area contributed by atoms with Crippen LogP contribution in [0.25, 0.3) is 0 Å². The summed E-state index contributed by atoms with van der Waals surface area (Å²) in [6.07, 6.45) is 1.21. The minimum atomic E-state index is 0.120. The first-order chi connectivity index (χ1) is 8.61. The Kier molecular flexibility index (Phi) is 4.25. The van der Waals surface area contributed by atoms with E-state index in [9.17, 15) is 0 Å². The smallest absolute Gasteiger partial charge is 0.0367 e. The monoisotopic (exact) mass is 247 g/mol. The fourth-order valence-corrected chi connectivity index (χ4v) is 2.61. The SMILES string of the molecule is CCC1CN(c2ccc(C(C)N)cc2)CCN1C. The Hall–Kier alpha value is -1.06. The predicted octanol–water partition coefficient (Wildman–Crippen LogP) is 2.24. The van der Waals surface area contributed by atoms with Gasteiger partial charge in [-0.15, -0.1) is 0 Å². The molecule has 0 amide bonds. The van der Waals surface area contributed by atoms with Gasteiger partial charge in [0, 0.05) is 37.4 Å². The third-order valence-electron chi connectivity index (χ3n) is 4.03. The van der Waals surface area contributed by atoms with Gasteiger partial charge in [0.05, 0.1) is 0 Å². The number of likely N-dealkylation sites (N-methyl/N-ethyl adjacent to an activating group) is 1. The molecule has 1 aliphatic heterocycles. The molecule has 3 heteroatoms. The van der Waals surface area contributed by atoms with Gasteiger partial charge in [0.1, 0.15) is 0 Å². The molecule has 18 heavy (non-hydrogen) atoms. The zero-order chi connectivity index (χ0) is 13.1. The molecule has 2 atom stereocenters. The topological polar surface area (TPSA) is 32.5 Å². The van der Waals surface area contributed by atoms with E-state index in [0.717, 1.165) is 19.6 Å². The molecule has 0 radical (unpaired) electrons. The van der Waals surface area contributed by atoms with Crippen molar-refractivity contribution < 1.29 is 0 Å². The van der Waals surface area contributed by atoms with Gasteiger partial charge in [0.25, 0.3) is 0 Å². The lowest BCUT2D eigenvalue weighted by Gasteiger charge is -2.40. The molecule has 3 nitrogen and oxygen atoms in total. The summed E-state index contributed by atoms with van der Waals surface area (Å²) >= 11 is 0. The van der Waals surface area contributed by atoms with E-state index in [-0.39, 0.29) is 6.04 Å². The van der Waals surface area contributed by atoms with Crippen molar-refractivity contribution >= 4 is 5.69 Å². The average molecular weight is 247 g/mol. The second-order valence-corrected chi connectivity index (χ2v) is 5.37. The molecule has 1 fully saturated rings. The fraction of sp³-hybridized carbons (Fsp3) is 0.600. The minimum absolute atomic E-state index is 0.120. The Morgan fingerprint density at radius 2 is 1.94 bits per heavy atom. The first kappa shape index (κ1) is 13.4. The molecule has 1 saturated heterocycles. The standard InChI is InChI=1S/C15H25N3/c1-4-14-11-18(10-9-17(14)3)15-7-5-13(6-8-15)12(2)16/h5-8,12,14H,4,9-11,16H2,1-3H3. The van der Waals surface area contributed by atoms with Crippen LogP contribution in [0.4, 0.5) is 5.69 Å². The lowest BCUT2D eigenvalue weighted by Crippen LogP contribution is -2.51. The first-order valence-electron chi connectivity index (χ1n) is 6.92. The molecule has 2 N–H and O–H groups in total. The maximum atomic E-state index is 5.88. The van der Waals surface area contributed by atoms with Gasteiger partial charge in [-0.25, -0.2) is 0 Å². The number of rotatable bonds is 3. The highest BCUT2D eigenvalue weighted by atomic mass is 15.3. The van der Waals surface area contributed by atoms with E-state index in [1.807, 2.05) is 6.92 Å². The fourth-order valence-electron chi connectivity index (χ4n) is 2.61. The third kappa shape index (κ3) is 2.85. The van der Waals surface area contributed by atoms with Gasteiger partial charge in [0.15, 0.2) is 0 Å². The van der Waals surface area contributed by atoms with Crippen molar-refractivity contribution in [3.63, 3.8) is 0 Å². The van der Waals surface area contributed by atoms with E-state index in [2.05, 4.69) is 48.0 Å². The van der Waals surface area contributed by atoms with Crippen LogP contribution in [0.5, 0.6) is 0 Å². The van der Waals surface area contributed by atoms with Gasteiger partial charge in [-0.3, -0.25) is 4.90 Å². The van der Waals surface area contributed by atoms with Crippen molar-refractivity contribution in [2.24, 2.45) is 5.73 Å². The van der Waals surface area contributed by atoms with Gasteiger partial charge in [-0.05, 0) is 38.1 Å². The van der Waals surface area contributed by atoms with Crippen LogP contribution in [-0.4, -0.2) is 37.6 Å². The lowest BCUT2D eigenvalue weighted by atomic mass is 10.1. The van der Waals surface area contributed by atoms with Gasteiger partial charge in [-0.2, -0.15) is 0 Å². The van der Waals surface area contributed by atoms with E-state index in [1.165, 1.54) is 17.7 Å². The summed E-state index contributed by atoms with van der Waals surface area (Å²) in [4.78, 5) is 4.95. The normalized spacial score (nSPS) is 23.1. The number of benzene rings is 1. The summed E-state index contributed by atoms with van der Waals surface area (Å²) in [6.45, 7) is 7.68. The van der Waals surface area contributed by atoms with Gasteiger partial charge >= 0.3 is 0 Å². The number of piperazine rings is 1. The summed E-state index contributed by atoms with van der Waals surface area (Å²) < 4.78 is 0. The van der Waals surface area contributed by atoms with E-state index in [1.54, 1.807) is 0 Å². The van der Waals surface area contributed by atoms with Crippen LogP contribution < -0.4 is 10.6 Å². The highest BCUT2D eigenvalue weighted by Gasteiger charge is 2.22. The van der Waals surface area contributed by atoms with E-state index >= 15 is 0 Å². The Labute approximate surface area is 111 Å². The van der Waals surface area contributed by atoms with Gasteiger partial charge in [-0.1, -0.05) is 19.1 Å². The molecule has 0 bridgehead atoms. The van der Waals surface area contributed by atoms with E-state index in [4.69, 9.17) is 5.73 Å². The summed E-state index contributed by atoms with van der Waals surface area (Å²) in [5, 5.41) is 0. The largest absolute Gasteiger partial charge is 0.369 e. The molecule has 2 unspecified atom stereocenters. The molecule has 1 heterocycles. The van der Waals surface area contributed by atoms with Crippen molar-refractivity contribution in [1.29, 1.82) is 0 Å². The van der Waals surface area contributed by atoms with E-state index < -0.39 is 0 Å². The van der Waals surface area contributed by atoms with Crippen LogP contribution in [0.2, 0.25) is 0 Å². The molecular weight excluding hydrogens is 222 g/mol. The minimum Gasteiger partial charge on any atom is -0.369 e. The summed E-state index contributed by atoms with van der Waals surface area (Å²) in [7, 11) is 2.23. The zero-order valence-electron chi connectivity index (χ0n) is 11.8. The molecule has 1 aromatic rings. The summed E-state index contributed by atoms with van der Waals surface area (Å²) in [5.74, 6) is 0. The van der Waals surface area contributed by atoms with Gasteiger partial charge in [0.2, 0.25) is 0 Å². The summed E-state index contributed by atoms with van der Waals surface area (Å²) in [6, 6.07) is 9.51. The number of anilines is 1. The van der Waals surface area contributed by atoms with Crippen molar-refractivity contribution in [3.8, 4) is 0 Å². The van der Waals surface area contributed by atoms with E-state index in [0.29, 0.717) is 6.04 Å². The Balaban J connectivity index is 2.07. The maximum absolute atomic E-state index is 5.88. The van der Waals surface area contributed by atoms with Crippen molar-refractivity contribution in [3.05, 3.63) is 29.8 Å². The quantitative estimate of drug-likeness (QED) is 0.889. The zero-order valence-corrected chi connectivity index (χ0v) is 11.8. The van der Waals surface area contributed by atoms with Crippen LogP contribution in [0.3, 0.4) is 0 Å². The highest BCUT2D eigenvalue weighted by Crippen LogP contribution is 2.21. The van der Waals surface area contributed by atoms with Crippen LogP contribution in [0.15, 0.2) is 24.3 Å². The number of nitrogens with zero attached hydrogens (tertiary/aromatic N) is 2. The second kappa shape index (κ2) is 5.72. The molecule has 2 rings (SSSR count). The second-order valence-electron chi connectivity index (χ2n) is 5.37.